The first-order valence-electron chi connectivity index (χ1n) is 9.28. The van der Waals surface area contributed by atoms with Crippen molar-refractivity contribution in [3.05, 3.63) is 108 Å². The Morgan fingerprint density at radius 3 is 2.30 bits per heavy atom. The summed E-state index contributed by atoms with van der Waals surface area (Å²) in [7, 11) is 0. The van der Waals surface area contributed by atoms with Gasteiger partial charge in [0.2, 0.25) is 6.10 Å². The van der Waals surface area contributed by atoms with Gasteiger partial charge in [-0.1, -0.05) is 54.6 Å². The molecule has 4 aromatic rings. The maximum atomic E-state index is 13.1. The van der Waals surface area contributed by atoms with Crippen LogP contribution in [-0.2, 0) is 9.53 Å². The highest BCUT2D eigenvalue weighted by Crippen LogP contribution is 2.22. The highest BCUT2D eigenvalue weighted by atomic mass is 19.1. The first kappa shape index (κ1) is 19.3. The molecule has 0 saturated heterocycles. The maximum absolute atomic E-state index is 13.1. The lowest BCUT2D eigenvalue weighted by Gasteiger charge is -2.18. The Morgan fingerprint density at radius 2 is 1.53 bits per heavy atom. The molecule has 1 N–H and O–H groups in total. The molecule has 30 heavy (non-hydrogen) atoms. The summed E-state index contributed by atoms with van der Waals surface area (Å²) in [6.07, 6.45) is -1.20. The van der Waals surface area contributed by atoms with E-state index in [4.69, 9.17) is 4.74 Å². The third kappa shape index (κ3) is 4.33. The number of hydrogen-bond donors (Lipinski definition) is 1. The Kier molecular flexibility index (Phi) is 5.48. The van der Waals surface area contributed by atoms with Crippen LogP contribution < -0.4 is 5.32 Å². The van der Waals surface area contributed by atoms with Crippen LogP contribution in [0.5, 0.6) is 0 Å². The van der Waals surface area contributed by atoms with Crippen molar-refractivity contribution in [2.75, 3.05) is 5.32 Å². The summed E-state index contributed by atoms with van der Waals surface area (Å²) < 4.78 is 18.7. The van der Waals surface area contributed by atoms with Crippen molar-refractivity contribution in [3.63, 3.8) is 0 Å². The Balaban J connectivity index is 1.59. The number of nitrogens with one attached hydrogen (secondary N) is 1. The zero-order valence-electron chi connectivity index (χ0n) is 15.8. The van der Waals surface area contributed by atoms with Gasteiger partial charge in [-0.2, -0.15) is 0 Å². The lowest BCUT2D eigenvalue weighted by atomic mass is 10.1. The maximum Gasteiger partial charge on any atom is 0.358 e. The quantitative estimate of drug-likeness (QED) is 0.483. The summed E-state index contributed by atoms with van der Waals surface area (Å²) in [5, 5.41) is 3.54. The van der Waals surface area contributed by atoms with Crippen LogP contribution in [0.3, 0.4) is 0 Å². The van der Waals surface area contributed by atoms with Gasteiger partial charge in [0.1, 0.15) is 11.5 Å². The Morgan fingerprint density at radius 1 is 0.833 bits per heavy atom. The van der Waals surface area contributed by atoms with Gasteiger partial charge in [0.15, 0.2) is 0 Å². The third-order valence-corrected chi connectivity index (χ3v) is 4.48. The highest BCUT2D eigenvalue weighted by Gasteiger charge is 2.26. The number of halogens is 1. The van der Waals surface area contributed by atoms with E-state index in [0.29, 0.717) is 16.8 Å². The van der Waals surface area contributed by atoms with Gasteiger partial charge in [0.05, 0.1) is 5.52 Å². The third-order valence-electron chi connectivity index (χ3n) is 4.48. The van der Waals surface area contributed by atoms with Crippen molar-refractivity contribution in [3.8, 4) is 0 Å². The summed E-state index contributed by atoms with van der Waals surface area (Å²) in [5.74, 6) is -1.69. The predicted octanol–water partition coefficient (Wildman–Crippen LogP) is 4.91. The second-order valence-corrected chi connectivity index (χ2v) is 6.58. The van der Waals surface area contributed by atoms with E-state index < -0.39 is 23.8 Å². The molecule has 0 fully saturated rings. The lowest BCUT2D eigenvalue weighted by molar-refractivity contribution is -0.125. The van der Waals surface area contributed by atoms with Gasteiger partial charge in [-0.05, 0) is 36.4 Å². The number of ether oxygens (including phenoxy) is 1. The van der Waals surface area contributed by atoms with Crippen LogP contribution in [0.15, 0.2) is 91.0 Å². The fourth-order valence-electron chi connectivity index (χ4n) is 2.99. The average Bonchev–Trinajstić information content (AvgIpc) is 2.79. The van der Waals surface area contributed by atoms with Gasteiger partial charge < -0.3 is 10.1 Å². The number of pyridine rings is 1. The smallest absolute Gasteiger partial charge is 0.358 e. The number of para-hydroxylation sites is 1. The van der Waals surface area contributed by atoms with E-state index in [1.54, 1.807) is 48.5 Å². The molecule has 0 spiro atoms. The molecule has 1 amide bonds. The van der Waals surface area contributed by atoms with Crippen molar-refractivity contribution in [2.24, 2.45) is 0 Å². The molecule has 0 aliphatic heterocycles. The van der Waals surface area contributed by atoms with Gasteiger partial charge in [0, 0.05) is 16.6 Å². The van der Waals surface area contributed by atoms with Crippen LogP contribution in [0.25, 0.3) is 10.9 Å². The molecule has 1 heterocycles. The molecule has 1 aromatic heterocycles. The van der Waals surface area contributed by atoms with E-state index in [1.165, 1.54) is 24.3 Å². The van der Waals surface area contributed by atoms with Crippen LogP contribution in [0.1, 0.15) is 22.2 Å². The molecular formula is C24H17FN2O3. The summed E-state index contributed by atoms with van der Waals surface area (Å²) in [4.78, 5) is 30.0. The fourth-order valence-corrected chi connectivity index (χ4v) is 2.99. The zero-order valence-corrected chi connectivity index (χ0v) is 15.8. The van der Waals surface area contributed by atoms with E-state index >= 15 is 0 Å². The topological polar surface area (TPSA) is 68.3 Å². The summed E-state index contributed by atoms with van der Waals surface area (Å²) in [5.41, 5.74) is 1.65. The predicted molar refractivity (Wildman–Crippen MR) is 111 cm³/mol. The summed E-state index contributed by atoms with van der Waals surface area (Å²) in [6, 6.07) is 24.7. The van der Waals surface area contributed by atoms with Crippen LogP contribution in [0.2, 0.25) is 0 Å². The molecule has 4 rings (SSSR count). The second kappa shape index (κ2) is 8.53. The Bertz CT molecular complexity index is 1190. The van der Waals surface area contributed by atoms with Crippen LogP contribution in [-0.4, -0.2) is 16.9 Å². The molecule has 0 radical (unpaired) electrons. The minimum Gasteiger partial charge on any atom is -0.443 e. The number of carbonyl (C=O) groups excluding carboxylic acids is 2. The number of benzene rings is 3. The number of rotatable bonds is 5. The molecule has 148 valence electrons. The van der Waals surface area contributed by atoms with E-state index in [2.05, 4.69) is 10.3 Å². The molecule has 0 bridgehead atoms. The van der Waals surface area contributed by atoms with Gasteiger partial charge in [-0.15, -0.1) is 0 Å². The molecule has 6 heteroatoms. The standard InChI is InChI=1S/C24H17FN2O3/c25-18-11-13-19(14-12-18)26-23(28)22(17-7-2-1-3-8-17)30-24(29)21-15-10-16-6-4-5-9-20(16)27-21/h1-15,22H,(H,26,28). The lowest BCUT2D eigenvalue weighted by Crippen LogP contribution is -2.26. The summed E-state index contributed by atoms with van der Waals surface area (Å²) >= 11 is 0. The SMILES string of the molecule is O=C(OC(C(=O)Nc1ccc(F)cc1)c1ccccc1)c1ccc2ccccc2n1. The van der Waals surface area contributed by atoms with Crippen molar-refractivity contribution < 1.29 is 18.7 Å². The van der Waals surface area contributed by atoms with Crippen molar-refractivity contribution in [1.82, 2.24) is 4.98 Å². The van der Waals surface area contributed by atoms with Crippen LogP contribution in [0, 0.1) is 5.82 Å². The van der Waals surface area contributed by atoms with E-state index in [9.17, 15) is 14.0 Å². The van der Waals surface area contributed by atoms with Gasteiger partial charge in [-0.25, -0.2) is 14.2 Å². The molecule has 1 unspecified atom stereocenters. The van der Waals surface area contributed by atoms with E-state index in [1.807, 2.05) is 18.2 Å². The van der Waals surface area contributed by atoms with Gasteiger partial charge in [0.25, 0.3) is 5.91 Å². The molecular weight excluding hydrogens is 383 g/mol. The fraction of sp³-hybridized carbons (Fsp3) is 0.0417. The van der Waals surface area contributed by atoms with Crippen LogP contribution in [0.4, 0.5) is 10.1 Å². The van der Waals surface area contributed by atoms with Crippen molar-refractivity contribution >= 4 is 28.5 Å². The Labute approximate surface area is 172 Å². The number of carbonyl (C=O) groups is 2. The number of nitrogens with zero attached hydrogens (tertiary/aromatic N) is 1. The monoisotopic (exact) mass is 400 g/mol. The largest absolute Gasteiger partial charge is 0.443 e. The minimum absolute atomic E-state index is 0.101. The molecule has 1 atom stereocenters. The normalized spacial score (nSPS) is 11.6. The number of esters is 1. The van der Waals surface area contributed by atoms with Crippen molar-refractivity contribution in [2.45, 2.75) is 6.10 Å². The molecule has 5 nitrogen and oxygen atoms in total. The number of hydrogen-bond acceptors (Lipinski definition) is 4. The minimum atomic E-state index is -1.20. The molecule has 0 saturated carbocycles. The van der Waals surface area contributed by atoms with Crippen molar-refractivity contribution in [1.29, 1.82) is 0 Å². The first-order valence-corrected chi connectivity index (χ1v) is 9.28. The molecule has 0 aliphatic rings. The molecule has 3 aromatic carbocycles. The summed E-state index contributed by atoms with van der Waals surface area (Å²) in [6.45, 7) is 0. The number of amides is 1. The highest BCUT2D eigenvalue weighted by molar-refractivity contribution is 5.98. The van der Waals surface area contributed by atoms with Gasteiger partial charge >= 0.3 is 5.97 Å². The number of aromatic nitrogens is 1. The first-order chi connectivity index (χ1) is 14.6. The molecule has 0 aliphatic carbocycles. The van der Waals surface area contributed by atoms with E-state index in [0.717, 1.165) is 5.39 Å². The van der Waals surface area contributed by atoms with Crippen LogP contribution >= 0.6 is 0 Å². The number of anilines is 1. The zero-order chi connectivity index (χ0) is 20.9. The van der Waals surface area contributed by atoms with Gasteiger partial charge in [-0.3, -0.25) is 4.79 Å². The second-order valence-electron chi connectivity index (χ2n) is 6.58. The van der Waals surface area contributed by atoms with E-state index in [-0.39, 0.29) is 5.69 Å². The average molecular weight is 400 g/mol. The number of fused-ring (bicyclic) bond motifs is 1. The Hall–Kier alpha value is -4.06.